The Labute approximate surface area is 209 Å². The highest BCUT2D eigenvalue weighted by Gasteiger charge is 2.35. The van der Waals surface area contributed by atoms with Crippen LogP contribution in [0.25, 0.3) is 11.8 Å². The minimum absolute atomic E-state index is 0.122. The number of nitrogens with one attached hydrogen (secondary N) is 2. The van der Waals surface area contributed by atoms with Crippen LogP contribution in [0.3, 0.4) is 0 Å². The molecule has 8 nitrogen and oxygen atoms in total. The van der Waals surface area contributed by atoms with E-state index in [2.05, 4.69) is 21.8 Å². The van der Waals surface area contributed by atoms with Gasteiger partial charge in [0.15, 0.2) is 0 Å². The maximum atomic E-state index is 12.9. The molecule has 4 rings (SSSR count). The van der Waals surface area contributed by atoms with Gasteiger partial charge in [-0.25, -0.2) is 9.69 Å². The predicted octanol–water partition coefficient (Wildman–Crippen LogP) is 4.50. The molecule has 0 spiro atoms. The number of aromatic nitrogens is 1. The SMILES string of the molecule is C=CCOc1ccc(-n2c(C)cc(/C=C3/NC(=O)N(CC(=O)Nc4ccc(C)cc4)C3=O)c2C)cc1. The maximum absolute atomic E-state index is 12.9. The van der Waals surface area contributed by atoms with Crippen molar-refractivity contribution in [2.75, 3.05) is 18.5 Å². The molecule has 3 aromatic rings. The average molecular weight is 485 g/mol. The number of imide groups is 1. The number of nitrogens with zero attached hydrogens (tertiary/aromatic N) is 2. The number of amides is 4. The van der Waals surface area contributed by atoms with Crippen LogP contribution in [-0.2, 0) is 9.59 Å². The van der Waals surface area contributed by atoms with Gasteiger partial charge in [-0.1, -0.05) is 30.4 Å². The predicted molar refractivity (Wildman–Crippen MR) is 139 cm³/mol. The third-order valence-corrected chi connectivity index (χ3v) is 5.83. The van der Waals surface area contributed by atoms with Crippen molar-refractivity contribution in [1.82, 2.24) is 14.8 Å². The molecule has 0 bridgehead atoms. The van der Waals surface area contributed by atoms with E-state index in [1.54, 1.807) is 24.3 Å². The summed E-state index contributed by atoms with van der Waals surface area (Å²) in [6.07, 6.45) is 3.33. The van der Waals surface area contributed by atoms with Crippen molar-refractivity contribution in [2.24, 2.45) is 0 Å². The first-order chi connectivity index (χ1) is 17.3. The van der Waals surface area contributed by atoms with Gasteiger partial charge in [0.25, 0.3) is 5.91 Å². The molecule has 0 aliphatic carbocycles. The summed E-state index contributed by atoms with van der Waals surface area (Å²) in [5.74, 6) is -0.260. The zero-order valence-electron chi connectivity index (χ0n) is 20.5. The number of anilines is 1. The second-order valence-electron chi connectivity index (χ2n) is 8.55. The molecule has 36 heavy (non-hydrogen) atoms. The van der Waals surface area contributed by atoms with Crippen molar-refractivity contribution in [3.8, 4) is 11.4 Å². The number of benzene rings is 2. The zero-order chi connectivity index (χ0) is 25.8. The first-order valence-corrected chi connectivity index (χ1v) is 11.5. The molecule has 0 radical (unpaired) electrons. The Morgan fingerprint density at radius 2 is 1.75 bits per heavy atom. The minimum Gasteiger partial charge on any atom is -0.490 e. The monoisotopic (exact) mass is 484 g/mol. The van der Waals surface area contributed by atoms with E-state index in [4.69, 9.17) is 4.74 Å². The topological polar surface area (TPSA) is 92.7 Å². The molecule has 8 heteroatoms. The lowest BCUT2D eigenvalue weighted by Crippen LogP contribution is -2.38. The molecule has 2 heterocycles. The van der Waals surface area contributed by atoms with Crippen LogP contribution in [0.2, 0.25) is 0 Å². The Kier molecular flexibility index (Phi) is 7.05. The number of rotatable bonds is 8. The van der Waals surface area contributed by atoms with E-state index < -0.39 is 17.8 Å². The zero-order valence-corrected chi connectivity index (χ0v) is 20.5. The van der Waals surface area contributed by atoms with Gasteiger partial charge in [-0.05, 0) is 74.9 Å². The van der Waals surface area contributed by atoms with Gasteiger partial charge in [0.1, 0.15) is 24.6 Å². The van der Waals surface area contributed by atoms with Crippen LogP contribution in [0.1, 0.15) is 22.5 Å². The molecular formula is C28H28N4O4. The van der Waals surface area contributed by atoms with Crippen LogP contribution in [0.5, 0.6) is 5.75 Å². The number of urea groups is 1. The molecule has 2 N–H and O–H groups in total. The second-order valence-corrected chi connectivity index (χ2v) is 8.55. The Bertz CT molecular complexity index is 1350. The molecule has 1 saturated heterocycles. The number of carbonyl (C=O) groups is 3. The summed E-state index contributed by atoms with van der Waals surface area (Å²) in [6, 6.07) is 16.2. The number of hydrogen-bond donors (Lipinski definition) is 2. The molecule has 1 fully saturated rings. The minimum atomic E-state index is -0.630. The van der Waals surface area contributed by atoms with Gasteiger partial charge in [0.2, 0.25) is 5.91 Å². The standard InChI is InChI=1S/C28H28N4O4/c1-5-14-36-24-12-10-23(11-13-24)32-19(3)15-21(20(32)4)16-25-27(34)31(28(35)30-25)17-26(33)29-22-8-6-18(2)7-9-22/h5-13,15-16H,1,14,17H2,2-4H3,(H,29,33)(H,30,35)/b25-16+. The molecule has 184 valence electrons. The Morgan fingerprint density at radius 1 is 1.06 bits per heavy atom. The quantitative estimate of drug-likeness (QED) is 0.280. The lowest BCUT2D eigenvalue weighted by Gasteiger charge is -2.12. The molecule has 1 aliphatic heterocycles. The van der Waals surface area contributed by atoms with Crippen molar-refractivity contribution in [3.05, 3.63) is 95.5 Å². The lowest BCUT2D eigenvalue weighted by molar-refractivity contribution is -0.127. The van der Waals surface area contributed by atoms with Gasteiger partial charge >= 0.3 is 6.03 Å². The number of carbonyl (C=O) groups excluding carboxylic acids is 3. The number of aryl methyl sites for hydroxylation is 2. The van der Waals surface area contributed by atoms with Gasteiger partial charge in [-0.2, -0.15) is 0 Å². The summed E-state index contributed by atoms with van der Waals surface area (Å²) < 4.78 is 7.60. The van der Waals surface area contributed by atoms with E-state index in [1.807, 2.05) is 63.2 Å². The van der Waals surface area contributed by atoms with E-state index >= 15 is 0 Å². The van der Waals surface area contributed by atoms with E-state index in [1.165, 1.54) is 0 Å². The first kappa shape index (κ1) is 24.5. The molecular weight excluding hydrogens is 456 g/mol. The van der Waals surface area contributed by atoms with E-state index in [0.717, 1.165) is 38.9 Å². The first-order valence-electron chi connectivity index (χ1n) is 11.5. The summed E-state index contributed by atoms with van der Waals surface area (Å²) in [5.41, 5.74) is 5.37. The molecule has 1 aromatic heterocycles. The van der Waals surface area contributed by atoms with E-state index in [-0.39, 0.29) is 12.2 Å². The van der Waals surface area contributed by atoms with Crippen LogP contribution >= 0.6 is 0 Å². The number of hydrogen-bond acceptors (Lipinski definition) is 4. The van der Waals surface area contributed by atoms with Crippen LogP contribution in [-0.4, -0.2) is 40.5 Å². The largest absolute Gasteiger partial charge is 0.490 e. The van der Waals surface area contributed by atoms with Crippen LogP contribution in [0, 0.1) is 20.8 Å². The summed E-state index contributed by atoms with van der Waals surface area (Å²) in [7, 11) is 0. The third-order valence-electron chi connectivity index (χ3n) is 5.83. The van der Waals surface area contributed by atoms with E-state index in [9.17, 15) is 14.4 Å². The highest BCUT2D eigenvalue weighted by Crippen LogP contribution is 2.25. The lowest BCUT2D eigenvalue weighted by atomic mass is 10.2. The van der Waals surface area contributed by atoms with Gasteiger partial charge < -0.3 is 19.9 Å². The van der Waals surface area contributed by atoms with Crippen molar-refractivity contribution < 1.29 is 19.1 Å². The Morgan fingerprint density at radius 3 is 2.42 bits per heavy atom. The fraction of sp³-hybridized carbons (Fsp3) is 0.179. The summed E-state index contributed by atoms with van der Waals surface area (Å²) in [5, 5.41) is 5.29. The van der Waals surface area contributed by atoms with Crippen molar-refractivity contribution >= 4 is 29.6 Å². The molecule has 0 atom stereocenters. The molecule has 4 amide bonds. The van der Waals surface area contributed by atoms with Crippen LogP contribution < -0.4 is 15.4 Å². The normalized spacial score (nSPS) is 14.2. The third kappa shape index (κ3) is 5.22. The number of ether oxygens (including phenoxy) is 1. The Balaban J connectivity index is 1.49. The molecule has 0 saturated carbocycles. The molecule has 2 aromatic carbocycles. The van der Waals surface area contributed by atoms with Crippen molar-refractivity contribution in [2.45, 2.75) is 20.8 Å². The molecule has 0 unspecified atom stereocenters. The molecule has 1 aliphatic rings. The average Bonchev–Trinajstić information content (AvgIpc) is 3.28. The second kappa shape index (κ2) is 10.4. The highest BCUT2D eigenvalue weighted by atomic mass is 16.5. The van der Waals surface area contributed by atoms with Gasteiger partial charge in [-0.3, -0.25) is 9.59 Å². The fourth-order valence-electron chi connectivity index (χ4n) is 4.03. The van der Waals surface area contributed by atoms with Gasteiger partial charge in [-0.15, -0.1) is 0 Å². The van der Waals surface area contributed by atoms with Gasteiger partial charge in [0, 0.05) is 22.8 Å². The Hall–Kier alpha value is -4.59. The summed E-state index contributed by atoms with van der Waals surface area (Å²) in [4.78, 5) is 38.7. The summed E-state index contributed by atoms with van der Waals surface area (Å²) in [6.45, 7) is 9.55. The van der Waals surface area contributed by atoms with Crippen molar-refractivity contribution in [1.29, 1.82) is 0 Å². The van der Waals surface area contributed by atoms with Gasteiger partial charge in [0.05, 0.1) is 0 Å². The van der Waals surface area contributed by atoms with E-state index in [0.29, 0.717) is 12.3 Å². The van der Waals surface area contributed by atoms with Crippen LogP contribution in [0.15, 0.2) is 72.9 Å². The van der Waals surface area contributed by atoms with Crippen molar-refractivity contribution in [3.63, 3.8) is 0 Å². The smallest absolute Gasteiger partial charge is 0.329 e. The van der Waals surface area contributed by atoms with Crippen LogP contribution in [0.4, 0.5) is 10.5 Å². The maximum Gasteiger partial charge on any atom is 0.329 e. The highest BCUT2D eigenvalue weighted by molar-refractivity contribution is 6.16. The fourth-order valence-corrected chi connectivity index (χ4v) is 4.03. The summed E-state index contributed by atoms with van der Waals surface area (Å²) >= 11 is 0.